The zero-order valence-electron chi connectivity index (χ0n) is 31.4. The quantitative estimate of drug-likeness (QED) is 0.165. The summed E-state index contributed by atoms with van der Waals surface area (Å²) in [6.45, 7) is 0. The van der Waals surface area contributed by atoms with Gasteiger partial charge in [0.15, 0.2) is 5.82 Å². The molecule has 0 unspecified atom stereocenters. The fourth-order valence-electron chi connectivity index (χ4n) is 9.19. The summed E-state index contributed by atoms with van der Waals surface area (Å²) in [4.78, 5) is 10.9. The Hall–Kier alpha value is -7.82. The molecule has 12 aromatic rings. The number of benzene rings is 9. The number of aromatic nitrogens is 4. The predicted octanol–water partition coefficient (Wildman–Crippen LogP) is 14.0. The molecule has 0 saturated heterocycles. The zero-order chi connectivity index (χ0) is 38.2. The first kappa shape index (κ1) is 32.4. The maximum Gasteiger partial charge on any atom is 0.162 e. The van der Waals surface area contributed by atoms with Gasteiger partial charge in [-0.25, -0.2) is 9.97 Å². The highest BCUT2D eigenvalue weighted by Gasteiger charge is 2.23. The van der Waals surface area contributed by atoms with Crippen LogP contribution in [0.1, 0.15) is 0 Å². The van der Waals surface area contributed by atoms with Crippen LogP contribution in [0, 0.1) is 0 Å². The van der Waals surface area contributed by atoms with Crippen molar-refractivity contribution in [3.63, 3.8) is 0 Å². The van der Waals surface area contributed by atoms with Gasteiger partial charge in [-0.05, 0) is 76.2 Å². The van der Waals surface area contributed by atoms with Crippen LogP contribution in [0.25, 0.3) is 110 Å². The van der Waals surface area contributed by atoms with Gasteiger partial charge in [-0.3, -0.25) is 4.57 Å². The van der Waals surface area contributed by atoms with E-state index in [0.29, 0.717) is 5.82 Å². The number of para-hydroxylation sites is 3. The standard InChI is InChI=1S/C54H34N4/c1-3-16-35(17-4-1)37-19-13-20-38(34-37)53-55-52-40-23-8-7-18-36(40)32-33-45(52)54(56-53)58-47-29-12-10-25-44(47)51-42(27-15-31-49(51)58)41-26-14-30-48-50(41)43-24-9-11-28-46(43)57(48)39-21-5-2-6-22-39/h1-34H. The highest BCUT2D eigenvalue weighted by molar-refractivity contribution is 6.22. The van der Waals surface area contributed by atoms with E-state index in [0.717, 1.165) is 60.9 Å². The molecule has 0 N–H and O–H groups in total. The summed E-state index contributed by atoms with van der Waals surface area (Å²) in [5.74, 6) is 1.55. The third kappa shape index (κ3) is 4.88. The minimum Gasteiger partial charge on any atom is -0.309 e. The van der Waals surface area contributed by atoms with E-state index in [1.165, 1.54) is 43.7 Å². The van der Waals surface area contributed by atoms with Crippen molar-refractivity contribution >= 4 is 65.3 Å². The minimum atomic E-state index is 0.692. The summed E-state index contributed by atoms with van der Waals surface area (Å²) in [5, 5.41) is 8.10. The van der Waals surface area contributed by atoms with Crippen molar-refractivity contribution in [2.24, 2.45) is 0 Å². The van der Waals surface area contributed by atoms with Gasteiger partial charge in [-0.1, -0.05) is 158 Å². The van der Waals surface area contributed by atoms with Crippen LogP contribution >= 0.6 is 0 Å². The molecule has 58 heavy (non-hydrogen) atoms. The van der Waals surface area contributed by atoms with E-state index in [2.05, 4.69) is 215 Å². The molecule has 3 aromatic heterocycles. The SMILES string of the molecule is c1ccc(-c2cccc(-c3nc(-n4c5ccccc5c5c(-c6cccc7c6c6ccccc6n7-c6ccccc6)cccc54)c4ccc5ccccc5c4n3)c2)cc1. The van der Waals surface area contributed by atoms with Crippen LogP contribution in [0.5, 0.6) is 0 Å². The lowest BCUT2D eigenvalue weighted by molar-refractivity contribution is 1.08. The third-order valence-electron chi connectivity index (χ3n) is 11.7. The van der Waals surface area contributed by atoms with E-state index in [4.69, 9.17) is 9.97 Å². The van der Waals surface area contributed by atoms with E-state index in [9.17, 15) is 0 Å². The number of hydrogen-bond acceptors (Lipinski definition) is 2. The monoisotopic (exact) mass is 738 g/mol. The Bertz CT molecular complexity index is 3560. The molecule has 0 spiro atoms. The topological polar surface area (TPSA) is 35.6 Å². The van der Waals surface area contributed by atoms with Crippen molar-refractivity contribution in [1.82, 2.24) is 19.1 Å². The molecular formula is C54H34N4. The zero-order valence-corrected chi connectivity index (χ0v) is 31.4. The van der Waals surface area contributed by atoms with Crippen molar-refractivity contribution in [3.8, 4) is 45.1 Å². The minimum absolute atomic E-state index is 0.692. The van der Waals surface area contributed by atoms with Gasteiger partial charge < -0.3 is 4.57 Å². The van der Waals surface area contributed by atoms with Crippen molar-refractivity contribution in [1.29, 1.82) is 0 Å². The lowest BCUT2D eigenvalue weighted by Crippen LogP contribution is -2.03. The molecule has 4 heteroatoms. The van der Waals surface area contributed by atoms with E-state index in [1.807, 2.05) is 0 Å². The number of rotatable bonds is 5. The van der Waals surface area contributed by atoms with Gasteiger partial charge in [0.05, 0.1) is 27.6 Å². The number of hydrogen-bond donors (Lipinski definition) is 0. The molecule has 270 valence electrons. The van der Waals surface area contributed by atoms with Crippen LogP contribution < -0.4 is 0 Å². The van der Waals surface area contributed by atoms with Crippen LogP contribution in [0.3, 0.4) is 0 Å². The smallest absolute Gasteiger partial charge is 0.162 e. The average molecular weight is 739 g/mol. The van der Waals surface area contributed by atoms with E-state index < -0.39 is 0 Å². The Balaban J connectivity index is 1.17. The molecule has 0 aliphatic heterocycles. The molecule has 0 aliphatic carbocycles. The van der Waals surface area contributed by atoms with Gasteiger partial charge in [0, 0.05) is 43.6 Å². The summed E-state index contributed by atoms with van der Waals surface area (Å²) in [6, 6.07) is 73.7. The summed E-state index contributed by atoms with van der Waals surface area (Å²) in [7, 11) is 0. The first-order valence-corrected chi connectivity index (χ1v) is 19.8. The fraction of sp³-hybridized carbons (Fsp3) is 0. The van der Waals surface area contributed by atoms with Gasteiger partial charge in [-0.2, -0.15) is 0 Å². The van der Waals surface area contributed by atoms with Crippen LogP contribution in [0.15, 0.2) is 206 Å². The molecule has 9 aromatic carbocycles. The maximum atomic E-state index is 5.53. The second-order valence-electron chi connectivity index (χ2n) is 14.9. The van der Waals surface area contributed by atoms with Crippen LogP contribution in [-0.2, 0) is 0 Å². The molecule has 0 atom stereocenters. The molecule has 0 radical (unpaired) electrons. The van der Waals surface area contributed by atoms with E-state index in [1.54, 1.807) is 0 Å². The normalized spacial score (nSPS) is 11.8. The highest BCUT2D eigenvalue weighted by atomic mass is 15.1. The van der Waals surface area contributed by atoms with Crippen molar-refractivity contribution in [2.75, 3.05) is 0 Å². The Kier molecular flexibility index (Phi) is 7.20. The van der Waals surface area contributed by atoms with E-state index in [-0.39, 0.29) is 0 Å². The second-order valence-corrected chi connectivity index (χ2v) is 14.9. The van der Waals surface area contributed by atoms with Gasteiger partial charge in [0.1, 0.15) is 5.82 Å². The Morgan fingerprint density at radius 1 is 0.328 bits per heavy atom. The van der Waals surface area contributed by atoms with Gasteiger partial charge >= 0.3 is 0 Å². The Morgan fingerprint density at radius 3 is 1.59 bits per heavy atom. The summed E-state index contributed by atoms with van der Waals surface area (Å²) in [6.07, 6.45) is 0. The largest absolute Gasteiger partial charge is 0.309 e. The van der Waals surface area contributed by atoms with Crippen LogP contribution in [-0.4, -0.2) is 19.1 Å². The lowest BCUT2D eigenvalue weighted by atomic mass is 9.95. The van der Waals surface area contributed by atoms with E-state index >= 15 is 0 Å². The van der Waals surface area contributed by atoms with Gasteiger partial charge in [0.2, 0.25) is 0 Å². The Morgan fingerprint density at radius 2 is 0.862 bits per heavy atom. The second kappa shape index (κ2) is 12.9. The summed E-state index contributed by atoms with van der Waals surface area (Å²) < 4.78 is 4.76. The molecule has 3 heterocycles. The van der Waals surface area contributed by atoms with Gasteiger partial charge in [-0.15, -0.1) is 0 Å². The van der Waals surface area contributed by atoms with Gasteiger partial charge in [0.25, 0.3) is 0 Å². The lowest BCUT2D eigenvalue weighted by Gasteiger charge is -2.15. The number of nitrogens with zero attached hydrogens (tertiary/aromatic N) is 4. The highest BCUT2D eigenvalue weighted by Crippen LogP contribution is 2.44. The van der Waals surface area contributed by atoms with Crippen LogP contribution in [0.2, 0.25) is 0 Å². The third-order valence-corrected chi connectivity index (χ3v) is 11.7. The molecule has 0 aliphatic rings. The first-order chi connectivity index (χ1) is 28.8. The van der Waals surface area contributed by atoms with Crippen molar-refractivity contribution < 1.29 is 0 Å². The average Bonchev–Trinajstić information content (AvgIpc) is 3.82. The van der Waals surface area contributed by atoms with Crippen molar-refractivity contribution in [2.45, 2.75) is 0 Å². The molecule has 0 fully saturated rings. The van der Waals surface area contributed by atoms with Crippen LogP contribution in [0.4, 0.5) is 0 Å². The predicted molar refractivity (Wildman–Crippen MR) is 242 cm³/mol. The maximum absolute atomic E-state index is 5.53. The molecule has 0 bridgehead atoms. The molecule has 0 saturated carbocycles. The molecule has 0 amide bonds. The summed E-state index contributed by atoms with van der Waals surface area (Å²) in [5.41, 5.74) is 12.3. The summed E-state index contributed by atoms with van der Waals surface area (Å²) >= 11 is 0. The molecular weight excluding hydrogens is 705 g/mol. The number of fused-ring (bicyclic) bond motifs is 9. The Labute approximate surface area is 334 Å². The molecule has 12 rings (SSSR count). The van der Waals surface area contributed by atoms with Crippen molar-refractivity contribution in [3.05, 3.63) is 206 Å². The molecule has 4 nitrogen and oxygen atoms in total. The first-order valence-electron chi connectivity index (χ1n) is 19.8. The fourth-order valence-corrected chi connectivity index (χ4v) is 9.19.